The van der Waals surface area contributed by atoms with Gasteiger partial charge in [-0.2, -0.15) is 0 Å². The van der Waals surface area contributed by atoms with Crippen LogP contribution < -0.4 is 4.74 Å². The summed E-state index contributed by atoms with van der Waals surface area (Å²) < 4.78 is 10.7. The highest BCUT2D eigenvalue weighted by atomic mass is 16.5. The standard InChI is InChI=1S/C19H28O2/c1-3-5-17(18-12-14-21-15-13-18)7-4-6-16-8-10-19(20-2)11-9-16/h4,7-11,17-18H,3,5-6,12-15H2,1-2H3. The molecular formula is C19H28O2. The van der Waals surface area contributed by atoms with Gasteiger partial charge in [-0.1, -0.05) is 37.6 Å². The molecule has 1 aromatic carbocycles. The maximum atomic E-state index is 5.49. The fourth-order valence-corrected chi connectivity index (χ4v) is 3.11. The highest BCUT2D eigenvalue weighted by molar-refractivity contribution is 5.28. The Morgan fingerprint density at radius 1 is 1.24 bits per heavy atom. The third-order valence-electron chi connectivity index (χ3n) is 4.39. The zero-order valence-corrected chi connectivity index (χ0v) is 13.4. The van der Waals surface area contributed by atoms with Crippen LogP contribution in [0.2, 0.25) is 0 Å². The second-order valence-electron chi connectivity index (χ2n) is 5.88. The molecule has 2 nitrogen and oxygen atoms in total. The van der Waals surface area contributed by atoms with E-state index in [0.717, 1.165) is 37.2 Å². The quantitative estimate of drug-likeness (QED) is 0.681. The van der Waals surface area contributed by atoms with E-state index in [4.69, 9.17) is 9.47 Å². The molecule has 0 amide bonds. The monoisotopic (exact) mass is 288 g/mol. The molecular weight excluding hydrogens is 260 g/mol. The molecule has 116 valence electrons. The molecule has 21 heavy (non-hydrogen) atoms. The molecule has 0 aliphatic carbocycles. The van der Waals surface area contributed by atoms with Gasteiger partial charge in [-0.3, -0.25) is 0 Å². The van der Waals surface area contributed by atoms with Crippen molar-refractivity contribution in [2.75, 3.05) is 20.3 Å². The summed E-state index contributed by atoms with van der Waals surface area (Å²) in [6, 6.07) is 8.36. The number of methoxy groups -OCH3 is 1. The van der Waals surface area contributed by atoms with E-state index in [1.54, 1.807) is 7.11 Å². The molecule has 2 rings (SSSR count). The Morgan fingerprint density at radius 2 is 1.95 bits per heavy atom. The van der Waals surface area contributed by atoms with Crippen molar-refractivity contribution in [1.82, 2.24) is 0 Å². The number of rotatable bonds is 7. The zero-order valence-electron chi connectivity index (χ0n) is 13.4. The summed E-state index contributed by atoms with van der Waals surface area (Å²) in [6.45, 7) is 4.16. The third kappa shape index (κ3) is 5.20. The van der Waals surface area contributed by atoms with Gasteiger partial charge in [0.05, 0.1) is 7.11 Å². The van der Waals surface area contributed by atoms with Crippen LogP contribution in [0.25, 0.3) is 0 Å². The smallest absolute Gasteiger partial charge is 0.118 e. The molecule has 0 N–H and O–H groups in total. The van der Waals surface area contributed by atoms with Crippen molar-refractivity contribution in [2.45, 2.75) is 39.0 Å². The second-order valence-corrected chi connectivity index (χ2v) is 5.88. The molecule has 1 atom stereocenters. The minimum atomic E-state index is 0.720. The van der Waals surface area contributed by atoms with Crippen LogP contribution in [0.4, 0.5) is 0 Å². The van der Waals surface area contributed by atoms with Crippen LogP contribution in [0.5, 0.6) is 5.75 Å². The number of hydrogen-bond donors (Lipinski definition) is 0. The van der Waals surface area contributed by atoms with Gasteiger partial charge in [-0.15, -0.1) is 0 Å². The first-order valence-electron chi connectivity index (χ1n) is 8.20. The van der Waals surface area contributed by atoms with E-state index in [1.165, 1.54) is 31.2 Å². The Kier molecular flexibility index (Phi) is 6.81. The molecule has 1 aliphatic heterocycles. The maximum Gasteiger partial charge on any atom is 0.118 e. The predicted octanol–water partition coefficient (Wildman–Crippen LogP) is 4.64. The summed E-state index contributed by atoms with van der Waals surface area (Å²) in [7, 11) is 1.71. The maximum absolute atomic E-state index is 5.49. The lowest BCUT2D eigenvalue weighted by Gasteiger charge is -2.28. The van der Waals surface area contributed by atoms with Crippen LogP contribution in [0, 0.1) is 11.8 Å². The molecule has 1 aliphatic rings. The molecule has 1 heterocycles. The van der Waals surface area contributed by atoms with Crippen LogP contribution in [-0.4, -0.2) is 20.3 Å². The molecule has 1 unspecified atom stereocenters. The Balaban J connectivity index is 1.88. The van der Waals surface area contributed by atoms with Gasteiger partial charge >= 0.3 is 0 Å². The fraction of sp³-hybridized carbons (Fsp3) is 0.579. The molecule has 0 saturated carbocycles. The zero-order chi connectivity index (χ0) is 14.9. The summed E-state index contributed by atoms with van der Waals surface area (Å²) in [5, 5.41) is 0. The van der Waals surface area contributed by atoms with E-state index in [1.807, 2.05) is 12.1 Å². The summed E-state index contributed by atoms with van der Waals surface area (Å²) in [5.74, 6) is 2.46. The lowest BCUT2D eigenvalue weighted by Crippen LogP contribution is -2.22. The fourth-order valence-electron chi connectivity index (χ4n) is 3.11. The van der Waals surface area contributed by atoms with Crippen molar-refractivity contribution in [3.8, 4) is 5.75 Å². The average molecular weight is 288 g/mol. The van der Waals surface area contributed by atoms with Crippen LogP contribution in [0.15, 0.2) is 36.4 Å². The number of ether oxygens (including phenoxy) is 2. The van der Waals surface area contributed by atoms with Crippen molar-refractivity contribution in [1.29, 1.82) is 0 Å². The Morgan fingerprint density at radius 3 is 2.57 bits per heavy atom. The highest BCUT2D eigenvalue weighted by Gasteiger charge is 2.21. The summed E-state index contributed by atoms with van der Waals surface area (Å²) in [5.41, 5.74) is 1.34. The van der Waals surface area contributed by atoms with E-state index < -0.39 is 0 Å². The molecule has 0 radical (unpaired) electrons. The first kappa shape index (κ1) is 16.1. The molecule has 1 aromatic rings. The van der Waals surface area contributed by atoms with E-state index >= 15 is 0 Å². The van der Waals surface area contributed by atoms with Gasteiger partial charge in [-0.25, -0.2) is 0 Å². The van der Waals surface area contributed by atoms with Crippen molar-refractivity contribution in [3.05, 3.63) is 42.0 Å². The highest BCUT2D eigenvalue weighted by Crippen LogP contribution is 2.28. The minimum Gasteiger partial charge on any atom is -0.497 e. The molecule has 1 fully saturated rings. The van der Waals surface area contributed by atoms with Gasteiger partial charge in [0.25, 0.3) is 0 Å². The predicted molar refractivity (Wildman–Crippen MR) is 87.8 cm³/mol. The molecule has 0 aromatic heterocycles. The van der Waals surface area contributed by atoms with E-state index in [0.29, 0.717) is 0 Å². The molecule has 0 bridgehead atoms. The average Bonchev–Trinajstić information content (AvgIpc) is 2.55. The van der Waals surface area contributed by atoms with E-state index in [-0.39, 0.29) is 0 Å². The van der Waals surface area contributed by atoms with Crippen LogP contribution in [-0.2, 0) is 11.2 Å². The molecule has 0 spiro atoms. The van der Waals surface area contributed by atoms with Crippen molar-refractivity contribution >= 4 is 0 Å². The summed E-state index contributed by atoms with van der Waals surface area (Å²) in [4.78, 5) is 0. The van der Waals surface area contributed by atoms with Gasteiger partial charge in [0, 0.05) is 13.2 Å². The topological polar surface area (TPSA) is 18.5 Å². The molecule has 2 heteroatoms. The van der Waals surface area contributed by atoms with Crippen LogP contribution in [0.3, 0.4) is 0 Å². The largest absolute Gasteiger partial charge is 0.497 e. The number of hydrogen-bond acceptors (Lipinski definition) is 2. The first-order chi connectivity index (χ1) is 10.3. The second kappa shape index (κ2) is 8.89. The van der Waals surface area contributed by atoms with Gasteiger partial charge < -0.3 is 9.47 Å². The Bertz CT molecular complexity index is 416. The Hall–Kier alpha value is -1.28. The first-order valence-corrected chi connectivity index (χ1v) is 8.20. The van der Waals surface area contributed by atoms with Gasteiger partial charge in [0.2, 0.25) is 0 Å². The number of allylic oxidation sites excluding steroid dienone is 2. The van der Waals surface area contributed by atoms with Crippen molar-refractivity contribution in [3.63, 3.8) is 0 Å². The van der Waals surface area contributed by atoms with Crippen molar-refractivity contribution in [2.24, 2.45) is 11.8 Å². The minimum absolute atomic E-state index is 0.720. The van der Waals surface area contributed by atoms with E-state index in [2.05, 4.69) is 31.2 Å². The Labute approximate surface area is 129 Å². The molecule has 1 saturated heterocycles. The number of benzene rings is 1. The van der Waals surface area contributed by atoms with Gasteiger partial charge in [-0.05, 0) is 55.2 Å². The van der Waals surface area contributed by atoms with Crippen LogP contribution >= 0.6 is 0 Å². The lowest BCUT2D eigenvalue weighted by atomic mass is 9.83. The third-order valence-corrected chi connectivity index (χ3v) is 4.39. The van der Waals surface area contributed by atoms with Gasteiger partial charge in [0.1, 0.15) is 5.75 Å². The normalized spacial score (nSPS) is 18.0. The summed E-state index contributed by atoms with van der Waals surface area (Å²) >= 11 is 0. The van der Waals surface area contributed by atoms with Crippen LogP contribution in [0.1, 0.15) is 38.2 Å². The van der Waals surface area contributed by atoms with Crippen molar-refractivity contribution < 1.29 is 9.47 Å². The lowest BCUT2D eigenvalue weighted by molar-refractivity contribution is 0.0524. The SMILES string of the molecule is CCCC(C=CCc1ccc(OC)cc1)C1CCOCC1. The van der Waals surface area contributed by atoms with Gasteiger partial charge in [0.15, 0.2) is 0 Å². The summed E-state index contributed by atoms with van der Waals surface area (Å²) in [6.07, 6.45) is 10.8. The van der Waals surface area contributed by atoms with E-state index in [9.17, 15) is 0 Å².